The Bertz CT molecular complexity index is 1160. The third-order valence-corrected chi connectivity index (χ3v) is 13.5. The number of rotatable bonds is 49. The molecule has 0 aromatic carbocycles. The highest BCUT2D eigenvalue weighted by atomic mass is 16.5. The van der Waals surface area contributed by atoms with Crippen molar-refractivity contribution < 1.29 is 24.2 Å². The topological polar surface area (TPSA) is 93.9 Å². The molecule has 0 spiro atoms. The molecule has 1 aromatic rings. The lowest BCUT2D eigenvalue weighted by Gasteiger charge is -2.26. The van der Waals surface area contributed by atoms with Crippen molar-refractivity contribution >= 4 is 11.9 Å². The molecule has 1 rings (SSSR count). The number of unbranched alkanes of at least 4 members (excludes halogenated alkanes) is 26. The number of nitrogens with zero attached hydrogens (tertiary/aromatic N) is 3. The molecule has 8 heteroatoms. The summed E-state index contributed by atoms with van der Waals surface area (Å²) >= 11 is 0. The van der Waals surface area contributed by atoms with Crippen molar-refractivity contribution in [1.82, 2.24) is 14.5 Å². The van der Waals surface area contributed by atoms with Gasteiger partial charge in [0, 0.05) is 37.8 Å². The largest absolute Gasteiger partial charge is 0.462 e. The Morgan fingerprint density at radius 1 is 0.523 bits per heavy atom. The predicted octanol–water partition coefficient (Wildman–Crippen LogP) is 16.7. The number of hydrogen-bond donors (Lipinski definition) is 1. The molecule has 0 amide bonds. The summed E-state index contributed by atoms with van der Waals surface area (Å²) in [6, 6.07) is 0.334. The van der Waals surface area contributed by atoms with E-state index in [-0.39, 0.29) is 24.1 Å². The van der Waals surface area contributed by atoms with E-state index in [0.717, 1.165) is 115 Å². The predicted molar refractivity (Wildman–Crippen MR) is 276 cm³/mol. The van der Waals surface area contributed by atoms with E-state index in [0.29, 0.717) is 25.4 Å². The molecule has 382 valence electrons. The average molecular weight is 917 g/mol. The number of hydrogen-bond acceptors (Lipinski definition) is 7. The van der Waals surface area contributed by atoms with Gasteiger partial charge in [0.1, 0.15) is 18.0 Å². The highest BCUT2D eigenvalue weighted by Gasteiger charge is 2.18. The number of aromatic nitrogens is 2. The van der Waals surface area contributed by atoms with Gasteiger partial charge in [-0.25, -0.2) is 4.98 Å². The van der Waals surface area contributed by atoms with Crippen LogP contribution in [0.5, 0.6) is 0 Å². The summed E-state index contributed by atoms with van der Waals surface area (Å²) < 4.78 is 14.4. The maximum Gasteiger partial charge on any atom is 0.306 e. The first-order valence-corrected chi connectivity index (χ1v) is 28.5. The lowest BCUT2D eigenvalue weighted by molar-refractivity contribution is -0.151. The first kappa shape index (κ1) is 61.1. The Morgan fingerprint density at radius 2 is 0.877 bits per heavy atom. The molecular formula is C57H109N3O5. The van der Waals surface area contributed by atoms with Crippen molar-refractivity contribution in [1.29, 1.82) is 0 Å². The molecule has 0 saturated carbocycles. The van der Waals surface area contributed by atoms with Gasteiger partial charge in [0.25, 0.3) is 0 Å². The summed E-state index contributed by atoms with van der Waals surface area (Å²) in [7, 11) is 0. The molecular weight excluding hydrogens is 807 g/mol. The zero-order valence-corrected chi connectivity index (χ0v) is 44.1. The fourth-order valence-corrected chi connectivity index (χ4v) is 9.35. The first-order valence-electron chi connectivity index (χ1n) is 28.5. The standard InChI is InChI=1S/C57H109N3O5/c1-7-11-15-19-24-32-40-53(41-33-25-20-16-12-8-2)64-56(62)44-36-28-23-29-38-47-59(50-55-58-46-48-60(55)51(5)6)49-52(61)39-31-30-37-45-57(63)65-54(42-34-26-21-17-13-9-3)43-35-27-22-18-14-10-4/h46,48,51-54,61H,7-45,47,49-50H2,1-6H3. The molecule has 1 atom stereocenters. The van der Waals surface area contributed by atoms with Crippen molar-refractivity contribution in [2.45, 2.75) is 323 Å². The van der Waals surface area contributed by atoms with E-state index in [1.807, 2.05) is 6.20 Å². The Balaban J connectivity index is 2.51. The van der Waals surface area contributed by atoms with Crippen LogP contribution in [0.25, 0.3) is 0 Å². The van der Waals surface area contributed by atoms with Crippen LogP contribution < -0.4 is 0 Å². The van der Waals surface area contributed by atoms with Crippen LogP contribution in [0, 0.1) is 0 Å². The fraction of sp³-hybridized carbons (Fsp3) is 0.912. The van der Waals surface area contributed by atoms with Gasteiger partial charge < -0.3 is 19.1 Å². The van der Waals surface area contributed by atoms with Gasteiger partial charge >= 0.3 is 11.9 Å². The van der Waals surface area contributed by atoms with Crippen molar-refractivity contribution in [3.05, 3.63) is 18.2 Å². The molecule has 1 heterocycles. The van der Waals surface area contributed by atoms with Crippen LogP contribution in [0.4, 0.5) is 0 Å². The number of carbonyl (C=O) groups is 2. The minimum absolute atomic E-state index is 0.000962. The van der Waals surface area contributed by atoms with E-state index in [1.165, 1.54) is 141 Å². The molecule has 0 saturated heterocycles. The molecule has 1 N–H and O–H groups in total. The van der Waals surface area contributed by atoms with Crippen molar-refractivity contribution in [3.63, 3.8) is 0 Å². The van der Waals surface area contributed by atoms with Gasteiger partial charge in [0.2, 0.25) is 0 Å². The Kier molecular flexibility index (Phi) is 41.9. The minimum atomic E-state index is -0.416. The van der Waals surface area contributed by atoms with Crippen molar-refractivity contribution in [2.75, 3.05) is 13.1 Å². The summed E-state index contributed by atoms with van der Waals surface area (Å²) in [5, 5.41) is 11.2. The monoisotopic (exact) mass is 916 g/mol. The van der Waals surface area contributed by atoms with Crippen LogP contribution in [0.15, 0.2) is 12.4 Å². The molecule has 0 aliphatic rings. The molecule has 1 aromatic heterocycles. The molecule has 0 radical (unpaired) electrons. The van der Waals surface area contributed by atoms with Crippen LogP contribution in [0.3, 0.4) is 0 Å². The smallest absolute Gasteiger partial charge is 0.306 e. The Morgan fingerprint density at radius 3 is 1.29 bits per heavy atom. The second-order valence-corrected chi connectivity index (χ2v) is 20.3. The molecule has 65 heavy (non-hydrogen) atoms. The SMILES string of the molecule is CCCCCCCCC(CCCCCCCC)OC(=O)CCCCCCCN(Cc1nccn1C(C)C)CC(O)CCCCCC(=O)OC(CCCCCCCC)CCCCCCCC. The zero-order valence-electron chi connectivity index (χ0n) is 44.1. The van der Waals surface area contributed by atoms with Gasteiger partial charge in [0.15, 0.2) is 0 Å². The number of ether oxygens (including phenoxy) is 2. The zero-order chi connectivity index (χ0) is 47.4. The van der Waals surface area contributed by atoms with E-state index in [9.17, 15) is 14.7 Å². The van der Waals surface area contributed by atoms with Gasteiger partial charge in [-0.05, 0) is 97.4 Å². The van der Waals surface area contributed by atoms with Gasteiger partial charge in [-0.2, -0.15) is 0 Å². The summed E-state index contributed by atoms with van der Waals surface area (Å²) in [6.07, 6.45) is 47.8. The van der Waals surface area contributed by atoms with Gasteiger partial charge in [0.05, 0.1) is 12.6 Å². The molecule has 0 aliphatic heterocycles. The van der Waals surface area contributed by atoms with Crippen LogP contribution in [0.2, 0.25) is 0 Å². The highest BCUT2D eigenvalue weighted by Crippen LogP contribution is 2.21. The minimum Gasteiger partial charge on any atom is -0.462 e. The molecule has 0 bridgehead atoms. The van der Waals surface area contributed by atoms with Crippen molar-refractivity contribution in [3.8, 4) is 0 Å². The Labute approximate surface area is 403 Å². The fourth-order valence-electron chi connectivity index (χ4n) is 9.35. The maximum absolute atomic E-state index is 12.9. The molecule has 0 fully saturated rings. The quantitative estimate of drug-likeness (QED) is 0.0514. The number of imidazole rings is 1. The highest BCUT2D eigenvalue weighted by molar-refractivity contribution is 5.69. The summed E-state index contributed by atoms with van der Waals surface area (Å²) in [5.41, 5.74) is 0. The van der Waals surface area contributed by atoms with E-state index in [1.54, 1.807) is 0 Å². The summed E-state index contributed by atoms with van der Waals surface area (Å²) in [6.45, 7) is 15.7. The number of esters is 2. The lowest BCUT2D eigenvalue weighted by atomic mass is 10.0. The van der Waals surface area contributed by atoms with Crippen LogP contribution in [-0.2, 0) is 25.6 Å². The second-order valence-electron chi connectivity index (χ2n) is 20.3. The van der Waals surface area contributed by atoms with Crippen LogP contribution in [0.1, 0.15) is 304 Å². The third kappa shape index (κ3) is 36.7. The second kappa shape index (κ2) is 44.6. The maximum atomic E-state index is 12.9. The van der Waals surface area contributed by atoms with Gasteiger partial charge in [-0.3, -0.25) is 14.5 Å². The molecule has 1 unspecified atom stereocenters. The Hall–Kier alpha value is -1.93. The number of aliphatic hydroxyl groups excluding tert-OH is 1. The summed E-state index contributed by atoms with van der Waals surface area (Å²) in [4.78, 5) is 32.9. The van der Waals surface area contributed by atoms with Gasteiger partial charge in [-0.15, -0.1) is 0 Å². The van der Waals surface area contributed by atoms with Crippen molar-refractivity contribution in [2.24, 2.45) is 0 Å². The number of aliphatic hydroxyl groups is 1. The third-order valence-electron chi connectivity index (χ3n) is 13.5. The molecule has 8 nitrogen and oxygen atoms in total. The van der Waals surface area contributed by atoms with E-state index < -0.39 is 6.10 Å². The van der Waals surface area contributed by atoms with E-state index >= 15 is 0 Å². The van der Waals surface area contributed by atoms with Gasteiger partial charge in [-0.1, -0.05) is 188 Å². The first-order chi connectivity index (χ1) is 31.7. The molecule has 0 aliphatic carbocycles. The summed E-state index contributed by atoms with van der Waals surface area (Å²) in [5.74, 6) is 1.01. The van der Waals surface area contributed by atoms with E-state index in [2.05, 4.69) is 57.2 Å². The van der Waals surface area contributed by atoms with E-state index in [4.69, 9.17) is 14.5 Å². The lowest BCUT2D eigenvalue weighted by Crippen LogP contribution is -2.34. The normalized spacial score (nSPS) is 12.4. The number of carbonyl (C=O) groups excluding carboxylic acids is 2. The van der Waals surface area contributed by atoms with Crippen LogP contribution >= 0.6 is 0 Å². The van der Waals surface area contributed by atoms with Crippen LogP contribution in [-0.4, -0.2) is 62.9 Å². The average Bonchev–Trinajstić information content (AvgIpc) is 3.76.